The van der Waals surface area contributed by atoms with Crippen molar-refractivity contribution in [3.05, 3.63) is 46.6 Å². The van der Waals surface area contributed by atoms with Gasteiger partial charge in [-0.1, -0.05) is 12.1 Å². The topological polar surface area (TPSA) is 145 Å². The number of hydrogen-bond acceptors (Lipinski definition) is 9. The Morgan fingerprint density at radius 3 is 2.37 bits per heavy atom. The Labute approximate surface area is 240 Å². The fourth-order valence-corrected chi connectivity index (χ4v) is 13.3. The average Bonchev–Trinajstić information content (AvgIpc) is 3.30. The van der Waals surface area contributed by atoms with Crippen LogP contribution in [0.2, 0.25) is 0 Å². The van der Waals surface area contributed by atoms with E-state index >= 15 is 0 Å². The number of carbonyl (C=O) groups is 1. The molecule has 2 bridgehead atoms. The number of hydrogen-bond donors (Lipinski definition) is 3. The number of rotatable bonds is 6. The first-order valence-corrected chi connectivity index (χ1v) is 18.1. The van der Waals surface area contributed by atoms with Gasteiger partial charge in [-0.15, -0.1) is 15.7 Å². The molecule has 0 spiro atoms. The number of likely N-dealkylation sites (tertiary alicyclic amines) is 1. The molecule has 6 aliphatic carbocycles. The summed E-state index contributed by atoms with van der Waals surface area (Å²) in [7, 11) is -7.84. The number of Topliss-reactive ketones (excluding diaryl/α,β-unsaturated/α-hetero) is 1. The van der Waals surface area contributed by atoms with Gasteiger partial charge in [0.15, 0.2) is 5.78 Å². The molecule has 41 heavy (non-hydrogen) atoms. The summed E-state index contributed by atoms with van der Waals surface area (Å²) >= 11 is 1.08. The zero-order valence-electron chi connectivity index (χ0n) is 21.7. The highest BCUT2D eigenvalue weighted by molar-refractivity contribution is 7.91. The number of amidine groups is 1. The maximum absolute atomic E-state index is 14.3. The Balaban J connectivity index is 1.09. The largest absolute Gasteiger partial charge is 0.377 e. The maximum Gasteiger partial charge on any atom is 0.287 e. The number of benzene rings is 1. The van der Waals surface area contributed by atoms with Gasteiger partial charge in [0.25, 0.3) is 10.0 Å². The molecule has 1 aromatic heterocycles. The van der Waals surface area contributed by atoms with Crippen molar-refractivity contribution in [2.45, 2.75) is 30.3 Å². The molecule has 8 unspecified atom stereocenters. The van der Waals surface area contributed by atoms with Crippen LogP contribution in [-0.4, -0.2) is 57.0 Å². The van der Waals surface area contributed by atoms with E-state index in [0.717, 1.165) is 35.0 Å². The van der Waals surface area contributed by atoms with E-state index in [4.69, 9.17) is 0 Å². The van der Waals surface area contributed by atoms with Gasteiger partial charge < -0.3 is 10.4 Å². The van der Waals surface area contributed by atoms with Crippen LogP contribution in [0.1, 0.15) is 11.1 Å². The second-order valence-electron chi connectivity index (χ2n) is 12.8. The Hall–Kier alpha value is -2.23. The second-order valence-corrected chi connectivity index (χ2v) is 17.1. The second kappa shape index (κ2) is 7.83. The van der Waals surface area contributed by atoms with Crippen molar-refractivity contribution < 1.29 is 31.1 Å². The van der Waals surface area contributed by atoms with Crippen molar-refractivity contribution in [2.75, 3.05) is 11.6 Å². The highest BCUT2D eigenvalue weighted by atomic mass is 32.2. The van der Waals surface area contributed by atoms with Gasteiger partial charge in [-0.05, 0) is 70.4 Å². The number of ketones is 1. The van der Waals surface area contributed by atoms with Gasteiger partial charge in [-0.25, -0.2) is 17.5 Å². The molecule has 10 rings (SSSR count). The summed E-state index contributed by atoms with van der Waals surface area (Å²) in [6.07, 6.45) is -0.324. The number of piperidine rings is 1. The molecule has 3 N–H and O–H groups in total. The first-order chi connectivity index (χ1) is 19.5. The summed E-state index contributed by atoms with van der Waals surface area (Å²) < 4.78 is 70.1. The van der Waals surface area contributed by atoms with Crippen molar-refractivity contribution >= 4 is 48.0 Å². The van der Waals surface area contributed by atoms with Crippen molar-refractivity contribution in [1.82, 2.24) is 9.62 Å². The fourth-order valence-electron chi connectivity index (χ4n) is 10.3. The quantitative estimate of drug-likeness (QED) is 0.441. The van der Waals surface area contributed by atoms with Gasteiger partial charge in [-0.2, -0.15) is 8.42 Å². The molecule has 3 heterocycles. The summed E-state index contributed by atoms with van der Waals surface area (Å²) in [4.78, 5) is 16.1. The number of aliphatic hydroxyl groups is 1. The smallest absolute Gasteiger partial charge is 0.287 e. The Bertz CT molecular complexity index is 1770. The lowest BCUT2D eigenvalue weighted by Gasteiger charge is -2.95. The van der Waals surface area contributed by atoms with Crippen LogP contribution in [0.15, 0.2) is 38.9 Å². The lowest BCUT2D eigenvalue weighted by Crippen LogP contribution is -2.95. The predicted octanol–water partition coefficient (Wildman–Crippen LogP) is 1.45. The Morgan fingerprint density at radius 1 is 1.07 bits per heavy atom. The van der Waals surface area contributed by atoms with Crippen molar-refractivity contribution in [2.24, 2.45) is 63.6 Å². The van der Waals surface area contributed by atoms with Crippen LogP contribution in [0.4, 0.5) is 9.39 Å². The van der Waals surface area contributed by atoms with Gasteiger partial charge in [0.2, 0.25) is 10.0 Å². The van der Waals surface area contributed by atoms with E-state index in [1.807, 2.05) is 4.90 Å². The average molecular weight is 619 g/mol. The van der Waals surface area contributed by atoms with Crippen molar-refractivity contribution in [3.8, 4) is 0 Å². The minimum Gasteiger partial charge on any atom is -0.377 e. The number of fused-ring (bicyclic) bond motifs is 1. The van der Waals surface area contributed by atoms with E-state index in [9.17, 15) is 31.1 Å². The van der Waals surface area contributed by atoms with Crippen LogP contribution >= 0.6 is 11.3 Å². The minimum absolute atomic E-state index is 0.103. The van der Waals surface area contributed by atoms with Gasteiger partial charge in [-0.3, -0.25) is 9.69 Å². The van der Waals surface area contributed by atoms with Gasteiger partial charge in [0.1, 0.15) is 33.7 Å². The molecular formula is C27H27FN4O6S3. The van der Waals surface area contributed by atoms with Crippen molar-refractivity contribution in [3.63, 3.8) is 0 Å². The maximum atomic E-state index is 14.3. The zero-order chi connectivity index (χ0) is 28.3. The van der Waals surface area contributed by atoms with E-state index < -0.39 is 32.2 Å². The van der Waals surface area contributed by atoms with Crippen LogP contribution in [0, 0.1) is 65.0 Å². The number of carbonyl (C=O) groups excluding carboxylic acids is 1. The molecule has 216 valence electrons. The van der Waals surface area contributed by atoms with Gasteiger partial charge in [0, 0.05) is 30.6 Å². The van der Waals surface area contributed by atoms with E-state index in [2.05, 4.69) is 14.4 Å². The first-order valence-electron chi connectivity index (χ1n) is 13.8. The third kappa shape index (κ3) is 3.06. The summed E-state index contributed by atoms with van der Waals surface area (Å²) in [5.41, 5.74) is 1.06. The van der Waals surface area contributed by atoms with Crippen LogP contribution in [-0.2, 0) is 37.9 Å². The SMILES string of the molecule is CS(=O)(=O)NCc1csc2c1S(=O)(=O)N=C(C1C(=O)C3C4C5C6C4C4C6C5C4C3N(Cc3ccc(F)cc3)C1O)N2. The van der Waals surface area contributed by atoms with Crippen LogP contribution < -0.4 is 10.0 Å². The number of sulfonamides is 2. The normalized spacial score (nSPS) is 43.7. The van der Waals surface area contributed by atoms with Crippen LogP contribution in [0.25, 0.3) is 0 Å². The monoisotopic (exact) mass is 618 g/mol. The Kier molecular flexibility index (Phi) is 4.83. The third-order valence-corrected chi connectivity index (χ3v) is 14.5. The summed E-state index contributed by atoms with van der Waals surface area (Å²) in [5.74, 6) is 2.39. The Morgan fingerprint density at radius 2 is 1.71 bits per heavy atom. The molecule has 2 aromatic rings. The van der Waals surface area contributed by atoms with E-state index in [1.165, 1.54) is 12.1 Å². The highest BCUT2D eigenvalue weighted by Crippen LogP contribution is 2.93. The number of anilines is 1. The zero-order valence-corrected chi connectivity index (χ0v) is 24.2. The standard InChI is InChI=1S/C27H27FN4O6S3/c1-40(35,36)29-6-10-8-39-26-24(10)41(37,38)31-25(30-26)21-23(33)20-18-14-12-13-16(14)19(17(13)15(12)18)22(20)32(27(21)34)7-9-2-4-11(28)5-3-9/h2-5,8,12-22,27,29,34H,6-7H2,1H3,(H,30,31). The molecule has 7 fully saturated rings. The fraction of sp³-hybridized carbons (Fsp3) is 0.556. The lowest BCUT2D eigenvalue weighted by molar-refractivity contribution is -0.484. The van der Waals surface area contributed by atoms with E-state index in [-0.39, 0.29) is 57.3 Å². The molecule has 8 atom stereocenters. The summed E-state index contributed by atoms with van der Waals surface area (Å²) in [5, 5.41) is 16.7. The van der Waals surface area contributed by atoms with Crippen LogP contribution in [0.5, 0.6) is 0 Å². The third-order valence-electron chi connectivity index (χ3n) is 11.4. The predicted molar refractivity (Wildman–Crippen MR) is 146 cm³/mol. The van der Waals surface area contributed by atoms with Crippen LogP contribution in [0.3, 0.4) is 0 Å². The van der Waals surface area contributed by atoms with Gasteiger partial charge in [0.05, 0.1) is 6.26 Å². The molecule has 2 aliphatic heterocycles. The molecule has 1 aromatic carbocycles. The first kappa shape index (κ1) is 25.3. The number of nitrogens with one attached hydrogen (secondary N) is 2. The molecule has 8 aliphatic rings. The summed E-state index contributed by atoms with van der Waals surface area (Å²) in [6, 6.07) is 5.98. The number of nitrogens with zero attached hydrogens (tertiary/aromatic N) is 2. The minimum atomic E-state index is -4.29. The molecule has 14 heteroatoms. The van der Waals surface area contributed by atoms with Crippen molar-refractivity contribution in [1.29, 1.82) is 0 Å². The molecule has 1 saturated heterocycles. The summed E-state index contributed by atoms with van der Waals surface area (Å²) in [6.45, 7) is 0.0943. The molecule has 10 nitrogen and oxygen atoms in total. The number of thiophene rings is 1. The van der Waals surface area contributed by atoms with E-state index in [1.54, 1.807) is 17.5 Å². The number of aliphatic hydroxyl groups excluding tert-OH is 1. The van der Waals surface area contributed by atoms with Gasteiger partial charge >= 0.3 is 0 Å². The number of halogens is 1. The van der Waals surface area contributed by atoms with E-state index in [0.29, 0.717) is 36.1 Å². The molecular weight excluding hydrogens is 592 g/mol. The highest BCUT2D eigenvalue weighted by Gasteiger charge is 2.92. The molecule has 0 radical (unpaired) electrons. The molecule has 6 saturated carbocycles. The lowest BCUT2D eigenvalue weighted by atomic mass is 9.09. The molecule has 0 amide bonds.